The van der Waals surface area contributed by atoms with Crippen LogP contribution in [0, 0.1) is 12.3 Å². The number of piperidine rings is 1. The number of aryl methyl sites for hydroxylation is 1. The molecule has 1 aliphatic carbocycles. The highest BCUT2D eigenvalue weighted by Gasteiger charge is 2.45. The van der Waals surface area contributed by atoms with Crippen molar-refractivity contribution in [3.8, 4) is 0 Å². The van der Waals surface area contributed by atoms with E-state index < -0.39 is 5.92 Å². The topological polar surface area (TPSA) is 80.7 Å². The summed E-state index contributed by atoms with van der Waals surface area (Å²) in [5.41, 5.74) is 3.64. The molecule has 7 nitrogen and oxygen atoms in total. The SMILES string of the molecule is Cc1cc(NC(=O)c2ccc(NSCCO)cc2N2CCC3(CC2)CC3)nc(N2CC(F)(F)C2)c1. The number of rotatable bonds is 8. The molecule has 0 atom stereocenters. The maximum absolute atomic E-state index is 13.4. The second-order valence-corrected chi connectivity index (χ2v) is 10.8. The zero-order valence-corrected chi connectivity index (χ0v) is 20.6. The van der Waals surface area contributed by atoms with Crippen LogP contribution in [0.4, 0.5) is 31.8 Å². The van der Waals surface area contributed by atoms with Gasteiger partial charge in [-0.2, -0.15) is 0 Å². The van der Waals surface area contributed by atoms with E-state index in [1.54, 1.807) is 18.2 Å². The molecule has 5 rings (SSSR count). The summed E-state index contributed by atoms with van der Waals surface area (Å²) in [7, 11) is 0. The van der Waals surface area contributed by atoms with E-state index in [4.69, 9.17) is 5.11 Å². The van der Waals surface area contributed by atoms with Gasteiger partial charge in [-0.25, -0.2) is 13.8 Å². The summed E-state index contributed by atoms with van der Waals surface area (Å²) >= 11 is 1.41. The third-order valence-electron chi connectivity index (χ3n) is 7.11. The van der Waals surface area contributed by atoms with Crippen molar-refractivity contribution in [3.05, 3.63) is 41.5 Å². The monoisotopic (exact) mass is 503 g/mol. The summed E-state index contributed by atoms with van der Waals surface area (Å²) in [5.74, 6) is -1.62. The number of carbonyl (C=O) groups excluding carboxylic acids is 1. The minimum absolute atomic E-state index is 0.0831. The molecule has 3 heterocycles. The Morgan fingerprint density at radius 3 is 2.51 bits per heavy atom. The van der Waals surface area contributed by atoms with Crippen molar-refractivity contribution in [1.29, 1.82) is 0 Å². The number of aliphatic hydroxyl groups excluding tert-OH is 1. The molecule has 0 radical (unpaired) electrons. The van der Waals surface area contributed by atoms with E-state index in [0.29, 0.717) is 28.4 Å². The quantitative estimate of drug-likeness (QED) is 0.361. The van der Waals surface area contributed by atoms with E-state index in [-0.39, 0.29) is 25.6 Å². The molecule has 2 saturated heterocycles. The van der Waals surface area contributed by atoms with Gasteiger partial charge in [0.1, 0.15) is 11.6 Å². The predicted octanol–water partition coefficient (Wildman–Crippen LogP) is 4.53. The molecule has 1 saturated carbocycles. The Kier molecular flexibility index (Phi) is 6.52. The fourth-order valence-corrected chi connectivity index (χ4v) is 5.35. The Hall–Kier alpha value is -2.59. The van der Waals surface area contributed by atoms with Crippen molar-refractivity contribution >= 4 is 40.9 Å². The summed E-state index contributed by atoms with van der Waals surface area (Å²) in [6.07, 6.45) is 4.87. The van der Waals surface area contributed by atoms with Crippen molar-refractivity contribution in [2.24, 2.45) is 5.41 Å². The Morgan fingerprint density at radius 1 is 1.11 bits per heavy atom. The number of nitrogens with zero attached hydrogens (tertiary/aromatic N) is 3. The molecule has 0 unspecified atom stereocenters. The Labute approximate surface area is 208 Å². The summed E-state index contributed by atoms with van der Waals surface area (Å²) in [6.45, 7) is 3.03. The molecule has 2 aliphatic heterocycles. The Balaban J connectivity index is 1.36. The van der Waals surface area contributed by atoms with Crippen molar-refractivity contribution in [2.45, 2.75) is 38.5 Å². The lowest BCUT2D eigenvalue weighted by Gasteiger charge is -2.39. The predicted molar refractivity (Wildman–Crippen MR) is 137 cm³/mol. The normalized spacial score (nSPS) is 19.9. The van der Waals surface area contributed by atoms with Gasteiger partial charge in [-0.3, -0.25) is 4.79 Å². The molecular formula is C25H31F2N5O2S. The number of aliphatic hydroxyl groups is 1. The van der Waals surface area contributed by atoms with Crippen LogP contribution in [-0.2, 0) is 0 Å². The van der Waals surface area contributed by atoms with E-state index in [1.165, 1.54) is 29.7 Å². The van der Waals surface area contributed by atoms with Gasteiger partial charge in [0.15, 0.2) is 0 Å². The van der Waals surface area contributed by atoms with Crippen LogP contribution < -0.4 is 19.8 Å². The van der Waals surface area contributed by atoms with Crippen LogP contribution in [0.2, 0.25) is 0 Å². The first-order valence-corrected chi connectivity index (χ1v) is 13.1. The second kappa shape index (κ2) is 9.46. The minimum atomic E-state index is -2.69. The molecule has 3 aliphatic rings. The average Bonchev–Trinajstić information content (AvgIpc) is 3.56. The summed E-state index contributed by atoms with van der Waals surface area (Å²) in [5, 5.41) is 12.0. The van der Waals surface area contributed by atoms with E-state index in [0.717, 1.165) is 42.9 Å². The van der Waals surface area contributed by atoms with Crippen LogP contribution in [0.15, 0.2) is 30.3 Å². The van der Waals surface area contributed by atoms with Crippen LogP contribution in [0.25, 0.3) is 0 Å². The molecule has 2 aromatic rings. The van der Waals surface area contributed by atoms with Crippen LogP contribution in [0.5, 0.6) is 0 Å². The van der Waals surface area contributed by atoms with Gasteiger partial charge in [-0.05, 0) is 73.9 Å². The third-order valence-corrected chi connectivity index (χ3v) is 7.88. The fraction of sp³-hybridized carbons (Fsp3) is 0.520. The van der Waals surface area contributed by atoms with E-state index >= 15 is 0 Å². The van der Waals surface area contributed by atoms with Crippen molar-refractivity contribution < 1.29 is 18.7 Å². The largest absolute Gasteiger partial charge is 0.395 e. The fourth-order valence-electron chi connectivity index (χ4n) is 4.86. The lowest BCUT2D eigenvalue weighted by molar-refractivity contribution is -0.0267. The molecular weight excluding hydrogens is 472 g/mol. The Morgan fingerprint density at radius 2 is 1.86 bits per heavy atom. The second-order valence-electron chi connectivity index (χ2n) is 9.95. The maximum Gasteiger partial charge on any atom is 0.282 e. The number of aromatic nitrogens is 1. The van der Waals surface area contributed by atoms with Gasteiger partial charge < -0.3 is 24.9 Å². The molecule has 3 N–H and O–H groups in total. The van der Waals surface area contributed by atoms with Gasteiger partial charge in [-0.15, -0.1) is 0 Å². The van der Waals surface area contributed by atoms with E-state index in [1.807, 2.05) is 19.1 Å². The first kappa shape index (κ1) is 24.1. The number of pyridine rings is 1. The molecule has 0 bridgehead atoms. The van der Waals surface area contributed by atoms with Gasteiger partial charge in [0.05, 0.1) is 30.9 Å². The van der Waals surface area contributed by atoms with Crippen molar-refractivity contribution in [1.82, 2.24) is 4.98 Å². The smallest absolute Gasteiger partial charge is 0.282 e. The van der Waals surface area contributed by atoms with Gasteiger partial charge in [0, 0.05) is 24.5 Å². The van der Waals surface area contributed by atoms with Crippen molar-refractivity contribution in [2.75, 3.05) is 58.4 Å². The lowest BCUT2D eigenvalue weighted by atomic mass is 9.93. The number of nitrogens with one attached hydrogen (secondary N) is 2. The third kappa shape index (κ3) is 5.48. The first-order valence-electron chi connectivity index (χ1n) is 12.1. The van der Waals surface area contributed by atoms with Gasteiger partial charge >= 0.3 is 0 Å². The van der Waals surface area contributed by atoms with Gasteiger partial charge in [0.2, 0.25) is 0 Å². The highest BCUT2D eigenvalue weighted by atomic mass is 32.2. The number of halogens is 2. The van der Waals surface area contributed by atoms with Crippen LogP contribution >= 0.6 is 11.9 Å². The first-order chi connectivity index (χ1) is 16.8. The molecule has 35 heavy (non-hydrogen) atoms. The molecule has 1 aromatic carbocycles. The molecule has 188 valence electrons. The molecule has 10 heteroatoms. The van der Waals surface area contributed by atoms with E-state index in [2.05, 4.69) is 19.9 Å². The highest BCUT2D eigenvalue weighted by Crippen LogP contribution is 2.54. The molecule has 1 spiro atoms. The number of hydrogen-bond acceptors (Lipinski definition) is 7. The van der Waals surface area contributed by atoms with Crippen LogP contribution in [-0.4, -0.2) is 60.5 Å². The number of anilines is 4. The number of carbonyl (C=O) groups is 1. The molecule has 1 aromatic heterocycles. The standard InChI is InChI=1S/C25H31F2N5O2S/c1-17-12-21(28-22(13-17)32-15-25(26,27)16-32)29-23(34)19-3-2-18(30-35-11-10-33)14-20(19)31-8-6-24(4-5-24)7-9-31/h2-3,12-14,30,33H,4-11,15-16H2,1H3,(H,28,29,34). The number of hydrogen-bond donors (Lipinski definition) is 3. The average molecular weight is 504 g/mol. The minimum Gasteiger partial charge on any atom is -0.395 e. The van der Waals surface area contributed by atoms with Crippen molar-refractivity contribution in [3.63, 3.8) is 0 Å². The number of alkyl halides is 2. The zero-order chi connectivity index (χ0) is 24.6. The summed E-state index contributed by atoms with van der Waals surface area (Å²) < 4.78 is 29.9. The molecule has 3 fully saturated rings. The Bertz CT molecular complexity index is 1090. The van der Waals surface area contributed by atoms with Gasteiger partial charge in [-0.1, -0.05) is 11.9 Å². The molecule has 1 amide bonds. The van der Waals surface area contributed by atoms with Crippen LogP contribution in [0.1, 0.15) is 41.6 Å². The van der Waals surface area contributed by atoms with E-state index in [9.17, 15) is 13.6 Å². The van der Waals surface area contributed by atoms with Crippen LogP contribution in [0.3, 0.4) is 0 Å². The number of benzene rings is 1. The summed E-state index contributed by atoms with van der Waals surface area (Å²) in [4.78, 5) is 21.6. The lowest BCUT2D eigenvalue weighted by Crippen LogP contribution is -2.56. The summed E-state index contributed by atoms with van der Waals surface area (Å²) in [6, 6.07) is 9.15. The number of amides is 1. The zero-order valence-electron chi connectivity index (χ0n) is 19.8. The maximum atomic E-state index is 13.4. The highest BCUT2D eigenvalue weighted by molar-refractivity contribution is 8.00. The van der Waals surface area contributed by atoms with Gasteiger partial charge in [0.25, 0.3) is 11.8 Å².